The topological polar surface area (TPSA) is 119 Å². The predicted octanol–water partition coefficient (Wildman–Crippen LogP) is 1.37. The van der Waals surface area contributed by atoms with Crippen LogP contribution >= 0.6 is 0 Å². The van der Waals surface area contributed by atoms with Crippen LogP contribution in [0.25, 0.3) is 0 Å². The van der Waals surface area contributed by atoms with E-state index in [1.807, 2.05) is 0 Å². The molecule has 8 heteroatoms. The number of ether oxygens (including phenoxy) is 1. The Morgan fingerprint density at radius 1 is 1.48 bits per heavy atom. The number of rotatable bonds is 2. The van der Waals surface area contributed by atoms with E-state index < -0.39 is 22.7 Å². The molecular formula is C15H19N3O5. The number of hydrogen-bond donors (Lipinski definition) is 2. The number of nitro benzene ring substituents is 1. The van der Waals surface area contributed by atoms with Crippen LogP contribution in [0.4, 0.5) is 11.4 Å². The largest absolute Gasteiger partial charge is 0.485 e. The van der Waals surface area contributed by atoms with E-state index in [1.54, 1.807) is 18.7 Å². The zero-order valence-electron chi connectivity index (χ0n) is 13.0. The summed E-state index contributed by atoms with van der Waals surface area (Å²) in [5, 5.41) is 21.9. The van der Waals surface area contributed by atoms with Gasteiger partial charge in [-0.25, -0.2) is 0 Å². The number of hydrogen-bond acceptors (Lipinski definition) is 6. The summed E-state index contributed by atoms with van der Waals surface area (Å²) in [5.41, 5.74) is 4.95. The summed E-state index contributed by atoms with van der Waals surface area (Å²) in [6.45, 7) is 3.94. The molecule has 3 rings (SSSR count). The SMILES string of the molecule is CC1(C)Oc2cc(N)c([N+](=O)[O-])cc2[C@H](N2CCCC2=O)[C@H]1O. The lowest BCUT2D eigenvalue weighted by Gasteiger charge is -2.45. The van der Waals surface area contributed by atoms with E-state index >= 15 is 0 Å². The van der Waals surface area contributed by atoms with Crippen molar-refractivity contribution in [3.05, 3.63) is 27.8 Å². The molecule has 0 radical (unpaired) electrons. The third kappa shape index (κ3) is 2.39. The quantitative estimate of drug-likeness (QED) is 0.482. The van der Waals surface area contributed by atoms with Gasteiger partial charge in [-0.15, -0.1) is 0 Å². The van der Waals surface area contributed by atoms with Crippen molar-refractivity contribution in [2.45, 2.75) is 44.4 Å². The van der Waals surface area contributed by atoms with E-state index in [4.69, 9.17) is 10.5 Å². The van der Waals surface area contributed by atoms with Gasteiger partial charge in [0.1, 0.15) is 23.1 Å². The van der Waals surface area contributed by atoms with Crippen LogP contribution in [-0.4, -0.2) is 39.1 Å². The lowest BCUT2D eigenvalue weighted by molar-refractivity contribution is -0.384. The van der Waals surface area contributed by atoms with Gasteiger partial charge in [0.2, 0.25) is 5.91 Å². The Morgan fingerprint density at radius 3 is 2.74 bits per heavy atom. The fourth-order valence-corrected chi connectivity index (χ4v) is 3.27. The first-order chi connectivity index (χ1) is 10.7. The van der Waals surface area contributed by atoms with Crippen molar-refractivity contribution in [3.63, 3.8) is 0 Å². The highest BCUT2D eigenvalue weighted by atomic mass is 16.6. The molecule has 3 N–H and O–H groups in total. The maximum absolute atomic E-state index is 12.1. The van der Waals surface area contributed by atoms with Gasteiger partial charge in [-0.1, -0.05) is 0 Å². The molecule has 2 atom stereocenters. The lowest BCUT2D eigenvalue weighted by atomic mass is 9.85. The predicted molar refractivity (Wildman–Crippen MR) is 81.9 cm³/mol. The summed E-state index contributed by atoms with van der Waals surface area (Å²) in [4.78, 5) is 24.3. The van der Waals surface area contributed by atoms with Gasteiger partial charge in [0, 0.05) is 30.7 Å². The second-order valence-corrected chi connectivity index (χ2v) is 6.49. The van der Waals surface area contributed by atoms with Crippen molar-refractivity contribution in [3.8, 4) is 5.75 Å². The number of carbonyl (C=O) groups is 1. The molecule has 2 aliphatic rings. The van der Waals surface area contributed by atoms with Gasteiger partial charge in [-0.05, 0) is 20.3 Å². The first kappa shape index (κ1) is 15.5. The van der Waals surface area contributed by atoms with Crippen molar-refractivity contribution < 1.29 is 19.6 Å². The molecule has 0 spiro atoms. The van der Waals surface area contributed by atoms with Crippen LogP contribution in [0.2, 0.25) is 0 Å². The van der Waals surface area contributed by atoms with Crippen molar-refractivity contribution in [2.75, 3.05) is 12.3 Å². The molecule has 2 heterocycles. The number of likely N-dealkylation sites (tertiary alicyclic amines) is 1. The number of nitro groups is 1. The van der Waals surface area contributed by atoms with Crippen LogP contribution in [-0.2, 0) is 4.79 Å². The zero-order chi connectivity index (χ0) is 16.9. The minimum atomic E-state index is -1.000. The zero-order valence-corrected chi connectivity index (χ0v) is 13.0. The van der Waals surface area contributed by atoms with Crippen LogP contribution in [0.5, 0.6) is 5.75 Å². The average molecular weight is 321 g/mol. The average Bonchev–Trinajstić information content (AvgIpc) is 2.85. The Labute approximate surface area is 133 Å². The van der Waals surface area contributed by atoms with Gasteiger partial charge in [0.25, 0.3) is 5.69 Å². The second kappa shape index (κ2) is 5.09. The van der Waals surface area contributed by atoms with E-state index in [9.17, 15) is 20.0 Å². The molecule has 1 amide bonds. The van der Waals surface area contributed by atoms with Gasteiger partial charge in [-0.3, -0.25) is 14.9 Å². The highest BCUT2D eigenvalue weighted by molar-refractivity contribution is 5.79. The molecule has 8 nitrogen and oxygen atoms in total. The Kier molecular flexibility index (Phi) is 3.44. The molecule has 23 heavy (non-hydrogen) atoms. The van der Waals surface area contributed by atoms with Gasteiger partial charge in [0.05, 0.1) is 11.0 Å². The molecule has 1 fully saturated rings. The Bertz CT molecular complexity index is 688. The summed E-state index contributed by atoms with van der Waals surface area (Å²) in [6.07, 6.45) is 0.118. The first-order valence-electron chi connectivity index (χ1n) is 7.46. The molecule has 124 valence electrons. The van der Waals surface area contributed by atoms with Gasteiger partial charge < -0.3 is 20.5 Å². The lowest BCUT2D eigenvalue weighted by Crippen LogP contribution is -2.53. The molecule has 1 aromatic rings. The van der Waals surface area contributed by atoms with Crippen LogP contribution in [0.3, 0.4) is 0 Å². The number of nitrogens with zero attached hydrogens (tertiary/aromatic N) is 2. The van der Waals surface area contributed by atoms with Crippen molar-refractivity contribution in [2.24, 2.45) is 0 Å². The number of nitrogen functional groups attached to an aromatic ring is 1. The van der Waals surface area contributed by atoms with Gasteiger partial charge in [-0.2, -0.15) is 0 Å². The maximum atomic E-state index is 12.1. The van der Waals surface area contributed by atoms with Gasteiger partial charge in [0.15, 0.2) is 0 Å². The van der Waals surface area contributed by atoms with Crippen molar-refractivity contribution in [1.29, 1.82) is 0 Å². The number of amides is 1. The number of anilines is 1. The van der Waals surface area contributed by atoms with E-state index in [-0.39, 0.29) is 17.3 Å². The van der Waals surface area contributed by atoms with Gasteiger partial charge >= 0.3 is 0 Å². The van der Waals surface area contributed by atoms with Crippen LogP contribution in [0, 0.1) is 10.1 Å². The highest BCUT2D eigenvalue weighted by Crippen LogP contribution is 2.46. The number of aliphatic hydroxyl groups is 1. The summed E-state index contributed by atoms with van der Waals surface area (Å²) in [7, 11) is 0. The first-order valence-corrected chi connectivity index (χ1v) is 7.46. The summed E-state index contributed by atoms with van der Waals surface area (Å²) < 4.78 is 5.78. The maximum Gasteiger partial charge on any atom is 0.292 e. The molecule has 1 saturated heterocycles. The second-order valence-electron chi connectivity index (χ2n) is 6.49. The third-order valence-electron chi connectivity index (χ3n) is 4.50. The smallest absolute Gasteiger partial charge is 0.292 e. The molecule has 0 aliphatic carbocycles. The van der Waals surface area contributed by atoms with Crippen molar-refractivity contribution in [1.82, 2.24) is 4.90 Å². The van der Waals surface area contributed by atoms with Crippen LogP contribution in [0.1, 0.15) is 38.3 Å². The monoisotopic (exact) mass is 321 g/mol. The summed E-state index contributed by atoms with van der Waals surface area (Å²) >= 11 is 0. The van der Waals surface area contributed by atoms with Crippen LogP contribution < -0.4 is 10.5 Å². The van der Waals surface area contributed by atoms with E-state index in [1.165, 1.54) is 12.1 Å². The number of fused-ring (bicyclic) bond motifs is 1. The Hall–Kier alpha value is -2.35. The standard InChI is InChI=1S/C15H19N3O5/c1-15(2)14(20)13(17-5-3-4-12(17)19)8-6-10(18(21)22)9(16)7-11(8)23-15/h6-7,13-14,20H,3-5,16H2,1-2H3/t13-,14+/m0/s1. The number of benzene rings is 1. The van der Waals surface area contributed by atoms with Crippen molar-refractivity contribution >= 4 is 17.3 Å². The molecule has 0 unspecified atom stereocenters. The minimum Gasteiger partial charge on any atom is -0.485 e. The summed E-state index contributed by atoms with van der Waals surface area (Å²) in [6, 6.07) is 2.02. The number of carbonyl (C=O) groups excluding carboxylic acids is 1. The highest BCUT2D eigenvalue weighted by Gasteiger charge is 2.48. The van der Waals surface area contributed by atoms with E-state index in [0.29, 0.717) is 30.7 Å². The molecule has 0 bridgehead atoms. The fraction of sp³-hybridized carbons (Fsp3) is 0.533. The number of aliphatic hydroxyl groups excluding tert-OH is 1. The Morgan fingerprint density at radius 2 is 2.17 bits per heavy atom. The van der Waals surface area contributed by atoms with Crippen LogP contribution in [0.15, 0.2) is 12.1 Å². The molecule has 0 saturated carbocycles. The molecule has 2 aliphatic heterocycles. The molecule has 0 aromatic heterocycles. The summed E-state index contributed by atoms with van der Waals surface area (Å²) in [5.74, 6) is 0.297. The molecule has 1 aromatic carbocycles. The minimum absolute atomic E-state index is 0.00700. The fourth-order valence-electron chi connectivity index (χ4n) is 3.27. The Balaban J connectivity index is 2.17. The third-order valence-corrected chi connectivity index (χ3v) is 4.50. The van der Waals surface area contributed by atoms with E-state index in [0.717, 1.165) is 0 Å². The normalized spacial score (nSPS) is 25.9. The van der Waals surface area contributed by atoms with E-state index in [2.05, 4.69) is 0 Å². The number of nitrogens with two attached hydrogens (primary N) is 1. The molecular weight excluding hydrogens is 302 g/mol.